The highest BCUT2D eigenvalue weighted by Gasteiger charge is 2.28. The number of nitrogens with zero attached hydrogens (tertiary/aromatic N) is 1. The second kappa shape index (κ2) is 5.61. The maximum absolute atomic E-state index is 11.8. The average Bonchev–Trinajstić information content (AvgIpc) is 2.67. The van der Waals surface area contributed by atoms with E-state index in [-0.39, 0.29) is 10.7 Å². The summed E-state index contributed by atoms with van der Waals surface area (Å²) < 4.78 is 10.6. The van der Waals surface area contributed by atoms with E-state index in [1.165, 1.54) is 0 Å². The van der Waals surface area contributed by atoms with Gasteiger partial charge in [-0.05, 0) is 6.07 Å². The van der Waals surface area contributed by atoms with E-state index in [0.29, 0.717) is 24.5 Å². The summed E-state index contributed by atoms with van der Waals surface area (Å²) in [6.45, 7) is 1.29. The maximum atomic E-state index is 11.8. The number of hydrogen-bond donors (Lipinski definition) is 0. The van der Waals surface area contributed by atoms with E-state index in [9.17, 15) is 4.79 Å². The summed E-state index contributed by atoms with van der Waals surface area (Å²) in [6, 6.07) is 5.71. The van der Waals surface area contributed by atoms with Crippen molar-refractivity contribution in [3.63, 3.8) is 0 Å². The van der Waals surface area contributed by atoms with E-state index >= 15 is 0 Å². The molecule has 1 heterocycles. The van der Waals surface area contributed by atoms with Gasteiger partial charge in [0, 0.05) is 29.9 Å². The largest absolute Gasteiger partial charge is 0.493 e. The first-order chi connectivity index (χ1) is 8.65. The topological polar surface area (TPSA) is 38.8 Å². The molecule has 1 fully saturated rings. The number of carbonyl (C=O) groups excluding carboxylic acids is 1. The van der Waals surface area contributed by atoms with E-state index in [0.717, 1.165) is 12.1 Å². The number of methoxy groups -OCH3 is 2. The first kappa shape index (κ1) is 13.2. The van der Waals surface area contributed by atoms with Crippen LogP contribution in [0, 0.1) is 0 Å². The van der Waals surface area contributed by atoms with Gasteiger partial charge in [-0.2, -0.15) is 0 Å². The van der Waals surface area contributed by atoms with Crippen molar-refractivity contribution in [1.29, 1.82) is 0 Å². The monoisotopic (exact) mass is 313 g/mol. The SMILES string of the molecule is COc1cccc(CN2CC(Br)CC2=O)c1OC. The zero-order chi connectivity index (χ0) is 13.1. The number of amides is 1. The first-order valence-corrected chi connectivity index (χ1v) is 6.69. The van der Waals surface area contributed by atoms with Gasteiger partial charge in [0.15, 0.2) is 11.5 Å². The fourth-order valence-electron chi connectivity index (χ4n) is 2.16. The van der Waals surface area contributed by atoms with Gasteiger partial charge in [0.25, 0.3) is 0 Å². The number of halogens is 1. The van der Waals surface area contributed by atoms with Crippen molar-refractivity contribution in [2.45, 2.75) is 17.8 Å². The van der Waals surface area contributed by atoms with Crippen LogP contribution in [0.5, 0.6) is 11.5 Å². The molecule has 5 heteroatoms. The van der Waals surface area contributed by atoms with Crippen molar-refractivity contribution in [3.05, 3.63) is 23.8 Å². The first-order valence-electron chi connectivity index (χ1n) is 5.77. The predicted octanol–water partition coefficient (Wildman–Crippen LogP) is 2.20. The molecule has 1 unspecified atom stereocenters. The molecule has 0 spiro atoms. The van der Waals surface area contributed by atoms with E-state index in [2.05, 4.69) is 15.9 Å². The average molecular weight is 314 g/mol. The fraction of sp³-hybridized carbons (Fsp3) is 0.462. The van der Waals surface area contributed by atoms with Crippen LogP contribution in [0.15, 0.2) is 18.2 Å². The number of benzene rings is 1. The van der Waals surface area contributed by atoms with Crippen LogP contribution in [0.25, 0.3) is 0 Å². The molecular weight excluding hydrogens is 298 g/mol. The molecule has 2 rings (SSSR count). The molecular formula is C13H16BrNO3. The number of rotatable bonds is 4. The van der Waals surface area contributed by atoms with Gasteiger partial charge in [0.2, 0.25) is 5.91 Å². The number of carbonyl (C=O) groups is 1. The third-order valence-corrected chi connectivity index (χ3v) is 3.63. The fourth-order valence-corrected chi connectivity index (χ4v) is 2.79. The number of ether oxygens (including phenoxy) is 2. The molecule has 18 heavy (non-hydrogen) atoms. The van der Waals surface area contributed by atoms with Gasteiger partial charge < -0.3 is 14.4 Å². The number of para-hydroxylation sites is 1. The Kier molecular flexibility index (Phi) is 4.11. The molecule has 1 aromatic rings. The van der Waals surface area contributed by atoms with Gasteiger partial charge in [0.1, 0.15) is 0 Å². The summed E-state index contributed by atoms with van der Waals surface area (Å²) in [6.07, 6.45) is 0.562. The van der Waals surface area contributed by atoms with Gasteiger partial charge in [-0.15, -0.1) is 0 Å². The van der Waals surface area contributed by atoms with Crippen molar-refractivity contribution in [3.8, 4) is 11.5 Å². The second-order valence-electron chi connectivity index (χ2n) is 4.23. The summed E-state index contributed by atoms with van der Waals surface area (Å²) in [4.78, 5) is 13.8. The lowest BCUT2D eigenvalue weighted by atomic mass is 10.1. The minimum absolute atomic E-state index is 0.168. The molecule has 0 aliphatic carbocycles. The summed E-state index contributed by atoms with van der Waals surface area (Å²) in [5.74, 6) is 1.56. The van der Waals surface area contributed by atoms with Crippen LogP contribution in [0.3, 0.4) is 0 Å². The highest BCUT2D eigenvalue weighted by atomic mass is 79.9. The molecule has 4 nitrogen and oxygen atoms in total. The summed E-state index contributed by atoms with van der Waals surface area (Å²) in [7, 11) is 3.22. The zero-order valence-electron chi connectivity index (χ0n) is 10.5. The Labute approximate surface area is 115 Å². The third kappa shape index (κ3) is 2.61. The second-order valence-corrected chi connectivity index (χ2v) is 5.52. The number of alkyl halides is 1. The van der Waals surface area contributed by atoms with Crippen LogP contribution in [0.2, 0.25) is 0 Å². The molecule has 1 aliphatic heterocycles. The number of likely N-dealkylation sites (tertiary alicyclic amines) is 1. The Hall–Kier alpha value is -1.23. The Morgan fingerprint density at radius 1 is 1.39 bits per heavy atom. The van der Waals surface area contributed by atoms with E-state index < -0.39 is 0 Å². The van der Waals surface area contributed by atoms with Gasteiger partial charge >= 0.3 is 0 Å². The molecule has 0 bridgehead atoms. The van der Waals surface area contributed by atoms with E-state index in [1.807, 2.05) is 23.1 Å². The van der Waals surface area contributed by atoms with Crippen molar-refractivity contribution >= 4 is 21.8 Å². The molecule has 0 N–H and O–H groups in total. The highest BCUT2D eigenvalue weighted by Crippen LogP contribution is 2.32. The molecule has 1 atom stereocenters. The Bertz CT molecular complexity index is 450. The lowest BCUT2D eigenvalue weighted by Gasteiger charge is -2.19. The molecule has 0 saturated carbocycles. The summed E-state index contributed by atoms with van der Waals surface area (Å²) in [5, 5.41) is 0. The summed E-state index contributed by atoms with van der Waals surface area (Å²) in [5.41, 5.74) is 0.965. The minimum atomic E-state index is 0.168. The summed E-state index contributed by atoms with van der Waals surface area (Å²) >= 11 is 3.48. The van der Waals surface area contributed by atoms with Crippen molar-refractivity contribution in [1.82, 2.24) is 4.90 Å². The Morgan fingerprint density at radius 2 is 2.17 bits per heavy atom. The molecule has 98 valence electrons. The van der Waals surface area contributed by atoms with Gasteiger partial charge in [-0.3, -0.25) is 4.79 Å². The van der Waals surface area contributed by atoms with Crippen LogP contribution in [-0.2, 0) is 11.3 Å². The minimum Gasteiger partial charge on any atom is -0.493 e. The van der Waals surface area contributed by atoms with Crippen molar-refractivity contribution in [2.75, 3.05) is 20.8 Å². The van der Waals surface area contributed by atoms with E-state index in [1.54, 1.807) is 14.2 Å². The number of hydrogen-bond acceptors (Lipinski definition) is 3. The zero-order valence-corrected chi connectivity index (χ0v) is 12.1. The van der Waals surface area contributed by atoms with Crippen LogP contribution < -0.4 is 9.47 Å². The molecule has 1 amide bonds. The quantitative estimate of drug-likeness (QED) is 0.800. The maximum Gasteiger partial charge on any atom is 0.224 e. The van der Waals surface area contributed by atoms with Crippen LogP contribution in [0.1, 0.15) is 12.0 Å². The standard InChI is InChI=1S/C13H16BrNO3/c1-17-11-5-3-4-9(13(11)18-2)7-15-8-10(14)6-12(15)16/h3-5,10H,6-8H2,1-2H3. The lowest BCUT2D eigenvalue weighted by molar-refractivity contribution is -0.128. The van der Waals surface area contributed by atoms with Crippen LogP contribution >= 0.6 is 15.9 Å². The molecule has 1 aliphatic rings. The highest BCUT2D eigenvalue weighted by molar-refractivity contribution is 9.09. The Balaban J connectivity index is 2.21. The normalized spacial score (nSPS) is 19.2. The van der Waals surface area contributed by atoms with Gasteiger partial charge in [-0.1, -0.05) is 28.1 Å². The predicted molar refractivity (Wildman–Crippen MR) is 72.3 cm³/mol. The van der Waals surface area contributed by atoms with Crippen LogP contribution in [-0.4, -0.2) is 36.4 Å². The lowest BCUT2D eigenvalue weighted by Crippen LogP contribution is -2.24. The molecule has 1 saturated heterocycles. The van der Waals surface area contributed by atoms with Gasteiger partial charge in [0.05, 0.1) is 14.2 Å². The molecule has 0 aromatic heterocycles. The smallest absolute Gasteiger partial charge is 0.224 e. The molecule has 1 aromatic carbocycles. The van der Waals surface area contributed by atoms with Crippen molar-refractivity contribution < 1.29 is 14.3 Å². The van der Waals surface area contributed by atoms with Crippen LogP contribution in [0.4, 0.5) is 0 Å². The van der Waals surface area contributed by atoms with Gasteiger partial charge in [-0.25, -0.2) is 0 Å². The van der Waals surface area contributed by atoms with Crippen molar-refractivity contribution in [2.24, 2.45) is 0 Å². The molecule has 0 radical (unpaired) electrons. The Morgan fingerprint density at radius 3 is 2.72 bits per heavy atom. The van der Waals surface area contributed by atoms with E-state index in [4.69, 9.17) is 9.47 Å². The third-order valence-electron chi connectivity index (χ3n) is 3.01.